The molecular formula is C36H43ClF2N8O5. The maximum absolute atomic E-state index is 15.5. The number of likely N-dealkylation sites (N-methyl/N-ethyl adjacent to an activating group) is 1. The Labute approximate surface area is 305 Å². The lowest BCUT2D eigenvalue weighted by molar-refractivity contribution is -0.133. The number of anilines is 1. The molecule has 5 rings (SSSR count). The second-order valence-electron chi connectivity index (χ2n) is 13.1. The number of aromatic nitrogens is 4. The second kappa shape index (κ2) is 16.8. The third kappa shape index (κ3) is 8.66. The minimum atomic E-state index is -1.11. The van der Waals surface area contributed by atoms with E-state index in [1.807, 2.05) is 19.0 Å². The summed E-state index contributed by atoms with van der Waals surface area (Å²) in [7, 11) is 5.22. The molecule has 0 saturated carbocycles. The molecule has 52 heavy (non-hydrogen) atoms. The van der Waals surface area contributed by atoms with E-state index in [4.69, 9.17) is 16.7 Å². The van der Waals surface area contributed by atoms with E-state index in [1.54, 1.807) is 27.6 Å². The fourth-order valence-corrected chi connectivity index (χ4v) is 6.46. The zero-order valence-corrected chi connectivity index (χ0v) is 30.3. The summed E-state index contributed by atoms with van der Waals surface area (Å²) in [5.74, 6) is -3.26. The second-order valence-corrected chi connectivity index (χ2v) is 13.5. The van der Waals surface area contributed by atoms with Crippen molar-refractivity contribution in [2.24, 2.45) is 7.05 Å². The van der Waals surface area contributed by atoms with E-state index in [9.17, 15) is 19.5 Å². The lowest BCUT2D eigenvalue weighted by Gasteiger charge is -2.35. The molecule has 13 nitrogen and oxygen atoms in total. The predicted octanol–water partition coefficient (Wildman–Crippen LogP) is 3.81. The normalized spacial score (nSPS) is 13.9. The van der Waals surface area contributed by atoms with Crippen LogP contribution in [-0.2, 0) is 18.4 Å². The van der Waals surface area contributed by atoms with Crippen molar-refractivity contribution in [3.05, 3.63) is 76.5 Å². The van der Waals surface area contributed by atoms with Crippen LogP contribution < -0.4 is 5.32 Å². The van der Waals surface area contributed by atoms with Crippen LogP contribution >= 0.6 is 11.6 Å². The summed E-state index contributed by atoms with van der Waals surface area (Å²) >= 11 is 6.49. The largest absolute Gasteiger partial charge is 0.396 e. The molecule has 16 heteroatoms. The number of halogens is 3. The van der Waals surface area contributed by atoms with E-state index >= 15 is 8.78 Å². The van der Waals surface area contributed by atoms with Crippen molar-refractivity contribution >= 4 is 35.0 Å². The molecule has 0 aliphatic carbocycles. The Bertz CT molecular complexity index is 1940. The van der Waals surface area contributed by atoms with Crippen LogP contribution in [0.25, 0.3) is 22.4 Å². The van der Waals surface area contributed by atoms with Gasteiger partial charge in [-0.15, -0.1) is 0 Å². The summed E-state index contributed by atoms with van der Waals surface area (Å²) in [5.41, 5.74) is 1.58. The molecule has 1 aliphatic heterocycles. The van der Waals surface area contributed by atoms with Crippen LogP contribution in [0.4, 0.5) is 14.5 Å². The van der Waals surface area contributed by atoms with Crippen LogP contribution in [-0.4, -0.2) is 121 Å². The SMILES string of the molecule is Cc1nn(CCCO)cc1-c1ccc(-c2cnc(C(=O)Nc3ccc(C(=O)N4CCN(C(=O)CC[C@@H](O)CN(C)C)CC4)c(Cl)c3)n2C)c(F)c1F. The van der Waals surface area contributed by atoms with Gasteiger partial charge in [-0.25, -0.2) is 13.8 Å². The highest BCUT2D eigenvalue weighted by atomic mass is 35.5. The molecule has 3 amide bonds. The standard InChI is InChI=1S/C36H43ClF2N8O5/c1-22-28(21-47(42-22)12-5-17-48)25-9-10-27(33(39)32(25)38)30-19-40-34(44(30)4)35(51)41-23-6-8-26(29(37)18-23)36(52)46-15-13-45(14-16-46)31(50)11-7-24(49)20-43(2)3/h6,8-10,18-19,21,24,48-49H,5,7,11-17,20H2,1-4H3,(H,41,51)/t24-/m1/s1. The van der Waals surface area contributed by atoms with Crippen LogP contribution in [0.5, 0.6) is 0 Å². The molecular weight excluding hydrogens is 698 g/mol. The minimum Gasteiger partial charge on any atom is -0.396 e. The Morgan fingerprint density at radius 1 is 1.02 bits per heavy atom. The first-order valence-electron chi connectivity index (χ1n) is 16.9. The van der Waals surface area contributed by atoms with Crippen LogP contribution in [0, 0.1) is 18.6 Å². The number of hydrogen-bond donors (Lipinski definition) is 3. The van der Waals surface area contributed by atoms with E-state index in [1.165, 1.54) is 48.1 Å². The quantitative estimate of drug-likeness (QED) is 0.188. The molecule has 2 aromatic carbocycles. The molecule has 1 saturated heterocycles. The van der Waals surface area contributed by atoms with E-state index in [0.717, 1.165) is 0 Å². The van der Waals surface area contributed by atoms with Gasteiger partial charge in [-0.2, -0.15) is 5.10 Å². The average molecular weight is 741 g/mol. The highest BCUT2D eigenvalue weighted by Crippen LogP contribution is 2.33. The number of aryl methyl sites for hydroxylation is 2. The Kier molecular flexibility index (Phi) is 12.4. The number of benzene rings is 2. The monoisotopic (exact) mass is 740 g/mol. The van der Waals surface area contributed by atoms with Crippen molar-refractivity contribution < 1.29 is 33.4 Å². The molecule has 1 atom stereocenters. The van der Waals surface area contributed by atoms with Gasteiger partial charge in [0.05, 0.1) is 34.3 Å². The molecule has 2 aromatic heterocycles. The van der Waals surface area contributed by atoms with Crippen LogP contribution in [0.3, 0.4) is 0 Å². The zero-order valence-electron chi connectivity index (χ0n) is 29.6. The molecule has 0 unspecified atom stereocenters. The van der Waals surface area contributed by atoms with Gasteiger partial charge in [-0.05, 0) is 58.1 Å². The van der Waals surface area contributed by atoms with E-state index in [-0.39, 0.29) is 58.1 Å². The third-order valence-electron chi connectivity index (χ3n) is 8.98. The van der Waals surface area contributed by atoms with Crippen molar-refractivity contribution in [1.82, 2.24) is 34.0 Å². The van der Waals surface area contributed by atoms with E-state index in [0.29, 0.717) is 69.1 Å². The van der Waals surface area contributed by atoms with Gasteiger partial charge in [-0.3, -0.25) is 19.1 Å². The number of amides is 3. The Morgan fingerprint density at radius 3 is 2.37 bits per heavy atom. The average Bonchev–Trinajstić information content (AvgIpc) is 3.68. The summed E-state index contributed by atoms with van der Waals surface area (Å²) in [6, 6.07) is 7.35. The number of rotatable bonds is 13. The zero-order chi connectivity index (χ0) is 37.7. The minimum absolute atomic E-state index is 0.0194. The summed E-state index contributed by atoms with van der Waals surface area (Å²) in [4.78, 5) is 48.5. The van der Waals surface area contributed by atoms with Crippen molar-refractivity contribution in [2.75, 3.05) is 58.7 Å². The molecule has 3 heterocycles. The topological polar surface area (TPSA) is 149 Å². The number of aliphatic hydroxyl groups excluding tert-OH is 2. The Morgan fingerprint density at radius 2 is 1.69 bits per heavy atom. The van der Waals surface area contributed by atoms with Gasteiger partial charge in [0.15, 0.2) is 17.5 Å². The van der Waals surface area contributed by atoms with Crippen molar-refractivity contribution in [1.29, 1.82) is 0 Å². The number of piperazine rings is 1. The summed E-state index contributed by atoms with van der Waals surface area (Å²) in [5, 5.41) is 26.3. The molecule has 0 spiro atoms. The molecule has 278 valence electrons. The first-order valence-corrected chi connectivity index (χ1v) is 17.3. The van der Waals surface area contributed by atoms with E-state index in [2.05, 4.69) is 15.4 Å². The Hall–Kier alpha value is -4.70. The van der Waals surface area contributed by atoms with Gasteiger partial charge >= 0.3 is 0 Å². The fourth-order valence-electron chi connectivity index (χ4n) is 6.20. The van der Waals surface area contributed by atoms with Gasteiger partial charge < -0.3 is 34.8 Å². The van der Waals surface area contributed by atoms with E-state index < -0.39 is 23.6 Å². The number of nitrogens with zero attached hydrogens (tertiary/aromatic N) is 7. The number of hydrogen-bond acceptors (Lipinski definition) is 8. The number of nitrogens with one attached hydrogen (secondary N) is 1. The number of aliphatic hydroxyl groups is 2. The first-order chi connectivity index (χ1) is 24.8. The van der Waals surface area contributed by atoms with Crippen molar-refractivity contribution in [2.45, 2.75) is 38.8 Å². The maximum Gasteiger partial charge on any atom is 0.291 e. The van der Waals surface area contributed by atoms with Crippen LogP contribution in [0.15, 0.2) is 42.7 Å². The van der Waals surface area contributed by atoms with Gasteiger partial charge in [-0.1, -0.05) is 17.7 Å². The van der Waals surface area contributed by atoms with Gasteiger partial charge in [0.25, 0.3) is 11.8 Å². The molecule has 1 aliphatic rings. The van der Waals surface area contributed by atoms with Gasteiger partial charge in [0.2, 0.25) is 5.91 Å². The molecule has 0 radical (unpaired) electrons. The van der Waals surface area contributed by atoms with Crippen LogP contribution in [0.1, 0.15) is 45.9 Å². The highest BCUT2D eigenvalue weighted by molar-refractivity contribution is 6.34. The lowest BCUT2D eigenvalue weighted by atomic mass is 10.0. The number of imidazole rings is 1. The summed E-state index contributed by atoms with van der Waals surface area (Å²) < 4.78 is 33.8. The van der Waals surface area contributed by atoms with Gasteiger partial charge in [0, 0.05) is 87.9 Å². The first kappa shape index (κ1) is 38.5. The molecule has 4 aromatic rings. The number of carbonyl (C=O) groups is 3. The summed E-state index contributed by atoms with van der Waals surface area (Å²) in [6.07, 6.45) is 3.36. The molecule has 0 bridgehead atoms. The molecule has 3 N–H and O–H groups in total. The highest BCUT2D eigenvalue weighted by Gasteiger charge is 2.27. The van der Waals surface area contributed by atoms with Crippen LogP contribution in [0.2, 0.25) is 5.02 Å². The third-order valence-corrected chi connectivity index (χ3v) is 9.29. The predicted molar refractivity (Wildman–Crippen MR) is 192 cm³/mol. The lowest BCUT2D eigenvalue weighted by Crippen LogP contribution is -2.50. The Balaban J connectivity index is 1.21. The van der Waals surface area contributed by atoms with Gasteiger partial charge in [0.1, 0.15) is 0 Å². The molecule has 1 fully saturated rings. The van der Waals surface area contributed by atoms with Crippen molar-refractivity contribution in [3.8, 4) is 22.4 Å². The van der Waals surface area contributed by atoms with Crippen molar-refractivity contribution in [3.63, 3.8) is 0 Å². The smallest absolute Gasteiger partial charge is 0.291 e. The number of carbonyl (C=O) groups excluding carboxylic acids is 3. The summed E-state index contributed by atoms with van der Waals surface area (Å²) in [6.45, 7) is 3.96. The maximum atomic E-state index is 15.5. The fraction of sp³-hybridized carbons (Fsp3) is 0.417.